The summed E-state index contributed by atoms with van der Waals surface area (Å²) in [6, 6.07) is 11.5. The molecule has 0 spiro atoms. The summed E-state index contributed by atoms with van der Waals surface area (Å²) in [4.78, 5) is 16.3. The molecule has 0 unspecified atom stereocenters. The summed E-state index contributed by atoms with van der Waals surface area (Å²) in [6.07, 6.45) is 2.22. The second-order valence-electron chi connectivity index (χ2n) is 8.18. The number of nitrogens with zero attached hydrogens (tertiary/aromatic N) is 2. The molecule has 0 bridgehead atoms. The molecule has 2 aromatic rings. The predicted octanol–water partition coefficient (Wildman–Crippen LogP) is 2.79. The van der Waals surface area contributed by atoms with Crippen LogP contribution in [0.4, 0.5) is 15.8 Å². The van der Waals surface area contributed by atoms with E-state index in [-0.39, 0.29) is 16.5 Å². The Morgan fingerprint density at radius 1 is 1.28 bits per heavy atom. The van der Waals surface area contributed by atoms with Crippen molar-refractivity contribution in [3.05, 3.63) is 58.4 Å². The fourth-order valence-electron chi connectivity index (χ4n) is 5.39. The molecule has 0 aliphatic carbocycles. The number of rotatable bonds is 3. The fourth-order valence-corrected chi connectivity index (χ4v) is 5.66. The molecule has 2 aromatic carbocycles. The van der Waals surface area contributed by atoms with Crippen LogP contribution in [0.5, 0.6) is 0 Å². The third-order valence-corrected chi connectivity index (χ3v) is 7.02. The van der Waals surface area contributed by atoms with Crippen molar-refractivity contribution < 1.29 is 9.18 Å². The number of nitrogens with one attached hydrogen (secondary N) is 1. The van der Waals surface area contributed by atoms with Crippen molar-refractivity contribution in [3.63, 3.8) is 0 Å². The number of carbonyl (C=O) groups excluding carboxylic acids is 1. The van der Waals surface area contributed by atoms with Gasteiger partial charge >= 0.3 is 0 Å². The number of primary amides is 1. The van der Waals surface area contributed by atoms with Gasteiger partial charge in [-0.1, -0.05) is 41.9 Å². The monoisotopic (exact) mass is 414 g/mol. The Bertz CT molecular complexity index is 969. The van der Waals surface area contributed by atoms with E-state index in [4.69, 9.17) is 17.3 Å². The summed E-state index contributed by atoms with van der Waals surface area (Å²) in [5.41, 5.74) is 9.09. The van der Waals surface area contributed by atoms with Gasteiger partial charge in [0.1, 0.15) is 16.9 Å². The minimum Gasteiger partial charge on any atom is -0.368 e. The van der Waals surface area contributed by atoms with E-state index in [1.165, 1.54) is 5.56 Å². The van der Waals surface area contributed by atoms with Crippen molar-refractivity contribution in [2.24, 2.45) is 5.73 Å². The smallest absolute Gasteiger partial charge is 0.240 e. The first-order valence-electron chi connectivity index (χ1n) is 10.1. The second kappa shape index (κ2) is 6.89. The summed E-state index contributed by atoms with van der Waals surface area (Å²) >= 11 is 6.51. The molecule has 2 saturated heterocycles. The maximum absolute atomic E-state index is 15.0. The lowest BCUT2D eigenvalue weighted by atomic mass is 9.84. The molecule has 0 saturated carbocycles. The van der Waals surface area contributed by atoms with Gasteiger partial charge in [0.2, 0.25) is 5.91 Å². The van der Waals surface area contributed by atoms with Crippen molar-refractivity contribution in [3.8, 4) is 0 Å². The van der Waals surface area contributed by atoms with Crippen molar-refractivity contribution in [2.75, 3.05) is 36.0 Å². The zero-order chi connectivity index (χ0) is 20.2. The molecular weight excluding hydrogens is 391 g/mol. The number of piperazine rings is 1. The molecule has 2 atom stereocenters. The molecule has 0 radical (unpaired) electrons. The van der Waals surface area contributed by atoms with Gasteiger partial charge in [-0.25, -0.2) is 4.39 Å². The standard InChI is InChI=1S/C22H24ClFN4O/c23-19-16(24)11-18-15(20(19)27-9-4-7-17(27)21(25)29)12-22(13-26-8-10-28(18)22)14-5-2-1-3-6-14/h1-3,5-6,11,17,26H,4,7-10,12-13H2,(H2,25,29)/t17-,22+/m0/s1. The Labute approximate surface area is 174 Å². The molecule has 3 aliphatic heterocycles. The van der Waals surface area contributed by atoms with E-state index in [9.17, 15) is 9.18 Å². The number of anilines is 2. The molecule has 152 valence electrons. The summed E-state index contributed by atoms with van der Waals surface area (Å²) in [6.45, 7) is 3.03. The first kappa shape index (κ1) is 18.7. The second-order valence-corrected chi connectivity index (χ2v) is 8.55. The SMILES string of the molecule is NC(=O)[C@@H]1CCCN1c1c(Cl)c(F)cc2c1C[C@]1(c3ccccc3)CNCCN21. The summed E-state index contributed by atoms with van der Waals surface area (Å²) in [5, 5.41) is 3.61. The summed E-state index contributed by atoms with van der Waals surface area (Å²) in [5.74, 6) is -0.829. The Balaban J connectivity index is 1.69. The lowest BCUT2D eigenvalue weighted by molar-refractivity contribution is -0.119. The zero-order valence-electron chi connectivity index (χ0n) is 16.1. The molecule has 2 fully saturated rings. The highest BCUT2D eigenvalue weighted by atomic mass is 35.5. The predicted molar refractivity (Wildman–Crippen MR) is 113 cm³/mol. The molecule has 7 heteroatoms. The Hall–Kier alpha value is -2.31. The molecule has 3 aliphatic rings. The van der Waals surface area contributed by atoms with Gasteiger partial charge in [-0.05, 0) is 24.5 Å². The van der Waals surface area contributed by atoms with Gasteiger partial charge < -0.3 is 20.9 Å². The fraction of sp³-hybridized carbons (Fsp3) is 0.409. The number of nitrogens with two attached hydrogens (primary N) is 1. The number of amides is 1. The number of benzene rings is 2. The van der Waals surface area contributed by atoms with Crippen molar-refractivity contribution >= 4 is 28.9 Å². The van der Waals surface area contributed by atoms with E-state index in [0.717, 1.165) is 37.3 Å². The molecule has 0 aromatic heterocycles. The number of fused-ring (bicyclic) bond motifs is 3. The molecule has 29 heavy (non-hydrogen) atoms. The first-order chi connectivity index (χ1) is 14.0. The van der Waals surface area contributed by atoms with Crippen LogP contribution in [0.25, 0.3) is 0 Å². The highest BCUT2D eigenvalue weighted by molar-refractivity contribution is 6.34. The molecule has 3 heterocycles. The maximum Gasteiger partial charge on any atom is 0.240 e. The van der Waals surface area contributed by atoms with Crippen LogP contribution >= 0.6 is 11.6 Å². The van der Waals surface area contributed by atoms with E-state index >= 15 is 0 Å². The normalized spacial score (nSPS) is 25.8. The maximum atomic E-state index is 15.0. The van der Waals surface area contributed by atoms with Gasteiger partial charge in [0.25, 0.3) is 0 Å². The van der Waals surface area contributed by atoms with E-state index in [2.05, 4.69) is 22.3 Å². The zero-order valence-corrected chi connectivity index (χ0v) is 16.9. The highest BCUT2D eigenvalue weighted by Gasteiger charge is 2.49. The number of carbonyl (C=O) groups is 1. The van der Waals surface area contributed by atoms with Gasteiger partial charge in [-0.3, -0.25) is 4.79 Å². The van der Waals surface area contributed by atoms with Crippen LogP contribution in [0.15, 0.2) is 36.4 Å². The molecular formula is C22H24ClFN4O. The van der Waals surface area contributed by atoms with Gasteiger partial charge in [0.15, 0.2) is 0 Å². The van der Waals surface area contributed by atoms with E-state index < -0.39 is 11.9 Å². The van der Waals surface area contributed by atoms with E-state index in [0.29, 0.717) is 25.1 Å². The van der Waals surface area contributed by atoms with Crippen LogP contribution in [0, 0.1) is 5.82 Å². The Morgan fingerprint density at radius 3 is 2.83 bits per heavy atom. The van der Waals surface area contributed by atoms with Crippen molar-refractivity contribution in [2.45, 2.75) is 30.8 Å². The molecule has 1 amide bonds. The number of hydrogen-bond donors (Lipinski definition) is 2. The van der Waals surface area contributed by atoms with Crippen LogP contribution < -0.4 is 20.9 Å². The minimum absolute atomic E-state index is 0.0907. The average Bonchev–Trinajstić information content (AvgIpc) is 3.33. The first-order valence-corrected chi connectivity index (χ1v) is 10.5. The van der Waals surface area contributed by atoms with Crippen LogP contribution in [0.3, 0.4) is 0 Å². The van der Waals surface area contributed by atoms with Gasteiger partial charge in [-0.15, -0.1) is 0 Å². The van der Waals surface area contributed by atoms with Crippen LogP contribution in [0.1, 0.15) is 24.0 Å². The summed E-state index contributed by atoms with van der Waals surface area (Å²) < 4.78 is 15.0. The third kappa shape index (κ3) is 2.73. The third-order valence-electron chi connectivity index (χ3n) is 6.66. The largest absolute Gasteiger partial charge is 0.368 e. The van der Waals surface area contributed by atoms with Gasteiger partial charge in [0, 0.05) is 43.9 Å². The quantitative estimate of drug-likeness (QED) is 0.810. The van der Waals surface area contributed by atoms with Gasteiger partial charge in [-0.2, -0.15) is 0 Å². The topological polar surface area (TPSA) is 61.6 Å². The average molecular weight is 415 g/mol. The number of halogens is 2. The molecule has 5 nitrogen and oxygen atoms in total. The van der Waals surface area contributed by atoms with E-state index in [1.807, 2.05) is 23.1 Å². The van der Waals surface area contributed by atoms with Crippen molar-refractivity contribution in [1.29, 1.82) is 0 Å². The van der Waals surface area contributed by atoms with Crippen LogP contribution in [-0.4, -0.2) is 38.1 Å². The molecule has 5 rings (SSSR count). The highest BCUT2D eigenvalue weighted by Crippen LogP contribution is 2.52. The molecule has 3 N–H and O–H groups in total. The number of hydrogen-bond acceptors (Lipinski definition) is 4. The lowest BCUT2D eigenvalue weighted by Gasteiger charge is -2.45. The Morgan fingerprint density at radius 2 is 2.07 bits per heavy atom. The van der Waals surface area contributed by atoms with Crippen LogP contribution in [0.2, 0.25) is 5.02 Å². The van der Waals surface area contributed by atoms with E-state index in [1.54, 1.807) is 6.07 Å². The Kier molecular flexibility index (Phi) is 4.44. The lowest BCUT2D eigenvalue weighted by Crippen LogP contribution is -2.57. The summed E-state index contributed by atoms with van der Waals surface area (Å²) in [7, 11) is 0. The van der Waals surface area contributed by atoms with Crippen molar-refractivity contribution in [1.82, 2.24) is 5.32 Å². The van der Waals surface area contributed by atoms with Gasteiger partial charge in [0.05, 0.1) is 11.2 Å². The minimum atomic E-state index is -0.446. The van der Waals surface area contributed by atoms with Crippen LogP contribution in [-0.2, 0) is 16.8 Å².